The Hall–Kier alpha value is -1.38. The van der Waals surface area contributed by atoms with Gasteiger partial charge >= 0.3 is 0 Å². The van der Waals surface area contributed by atoms with Crippen LogP contribution >= 0.6 is 31.9 Å². The molecule has 5 nitrogen and oxygen atoms in total. The van der Waals surface area contributed by atoms with Gasteiger partial charge in [-0.3, -0.25) is 9.52 Å². The molecule has 1 aliphatic rings. The summed E-state index contributed by atoms with van der Waals surface area (Å²) >= 11 is 6.73. The Morgan fingerprint density at radius 2 is 1.88 bits per heavy atom. The number of rotatable bonds is 3. The minimum Gasteiger partial charge on any atom is -0.312 e. The fraction of sp³-hybridized carbons (Fsp3) is 0.235. The summed E-state index contributed by atoms with van der Waals surface area (Å²) in [7, 11) is -3.81. The zero-order valence-electron chi connectivity index (χ0n) is 13.6. The number of amides is 1. The Morgan fingerprint density at radius 1 is 1.16 bits per heavy atom. The van der Waals surface area contributed by atoms with Crippen LogP contribution in [0.25, 0.3) is 0 Å². The van der Waals surface area contributed by atoms with Crippen LogP contribution in [0.15, 0.2) is 44.2 Å². The first-order chi connectivity index (χ1) is 11.7. The molecule has 1 N–H and O–H groups in total. The average Bonchev–Trinajstić information content (AvgIpc) is 2.92. The summed E-state index contributed by atoms with van der Waals surface area (Å²) in [4.78, 5) is 13.5. The molecule has 132 valence electrons. The zero-order valence-corrected chi connectivity index (χ0v) is 17.6. The van der Waals surface area contributed by atoms with Gasteiger partial charge in [0.15, 0.2) is 0 Å². The van der Waals surface area contributed by atoms with E-state index in [1.807, 2.05) is 19.1 Å². The van der Waals surface area contributed by atoms with Gasteiger partial charge in [-0.05, 0) is 80.6 Å². The fourth-order valence-corrected chi connectivity index (χ4v) is 5.74. The maximum atomic E-state index is 12.9. The number of nitrogens with zero attached hydrogens (tertiary/aromatic N) is 1. The van der Waals surface area contributed by atoms with Crippen molar-refractivity contribution in [2.75, 3.05) is 16.2 Å². The summed E-state index contributed by atoms with van der Waals surface area (Å²) < 4.78 is 29.5. The summed E-state index contributed by atoms with van der Waals surface area (Å²) in [6.45, 7) is 3.97. The second-order valence-electron chi connectivity index (χ2n) is 5.92. The molecule has 0 aliphatic carbocycles. The van der Waals surface area contributed by atoms with Crippen molar-refractivity contribution in [1.29, 1.82) is 0 Å². The first-order valence-electron chi connectivity index (χ1n) is 7.58. The number of nitrogens with one attached hydrogen (secondary N) is 1. The maximum absolute atomic E-state index is 12.9. The van der Waals surface area contributed by atoms with Gasteiger partial charge in [0.05, 0.1) is 5.69 Å². The Kier molecular flexibility index (Phi) is 4.96. The average molecular weight is 488 g/mol. The molecule has 0 radical (unpaired) electrons. The monoisotopic (exact) mass is 486 g/mol. The number of halogens is 2. The minimum atomic E-state index is -3.81. The third-order valence-electron chi connectivity index (χ3n) is 4.07. The van der Waals surface area contributed by atoms with Crippen molar-refractivity contribution in [2.45, 2.75) is 25.2 Å². The van der Waals surface area contributed by atoms with Gasteiger partial charge in [0.2, 0.25) is 5.91 Å². The second-order valence-corrected chi connectivity index (χ2v) is 9.28. The maximum Gasteiger partial charge on any atom is 0.263 e. The highest BCUT2D eigenvalue weighted by Crippen LogP contribution is 2.36. The van der Waals surface area contributed by atoms with Crippen LogP contribution in [0, 0.1) is 6.92 Å². The lowest BCUT2D eigenvalue weighted by Gasteiger charge is -2.17. The van der Waals surface area contributed by atoms with E-state index in [1.165, 1.54) is 6.92 Å². The van der Waals surface area contributed by atoms with Crippen LogP contribution in [0.5, 0.6) is 0 Å². The largest absolute Gasteiger partial charge is 0.312 e. The minimum absolute atomic E-state index is 0.0985. The van der Waals surface area contributed by atoms with Gasteiger partial charge in [-0.1, -0.05) is 6.07 Å². The Bertz CT molecular complexity index is 974. The Balaban J connectivity index is 2.03. The molecule has 2 aromatic carbocycles. The highest BCUT2D eigenvalue weighted by Gasteiger charge is 2.27. The van der Waals surface area contributed by atoms with Gasteiger partial charge < -0.3 is 4.90 Å². The molecule has 0 fully saturated rings. The molecule has 0 saturated carbocycles. The van der Waals surface area contributed by atoms with E-state index < -0.39 is 10.0 Å². The summed E-state index contributed by atoms with van der Waals surface area (Å²) in [5.41, 5.74) is 3.09. The lowest BCUT2D eigenvalue weighted by atomic mass is 10.2. The summed E-state index contributed by atoms with van der Waals surface area (Å²) in [6, 6.07) is 8.71. The standard InChI is InChI=1S/C17H16Br2N2O3S/c1-10-3-4-15(13(18)7-10)20-25(23,24)17-9-16-12(8-14(17)19)5-6-21(16)11(2)22/h3-4,7-9,20H,5-6H2,1-2H3. The van der Waals surface area contributed by atoms with E-state index in [0.29, 0.717) is 33.3 Å². The molecule has 1 heterocycles. The van der Waals surface area contributed by atoms with Gasteiger partial charge in [-0.2, -0.15) is 0 Å². The van der Waals surface area contributed by atoms with E-state index in [4.69, 9.17) is 0 Å². The van der Waals surface area contributed by atoms with Crippen molar-refractivity contribution in [1.82, 2.24) is 0 Å². The summed E-state index contributed by atoms with van der Waals surface area (Å²) in [6.07, 6.45) is 0.713. The van der Waals surface area contributed by atoms with Gasteiger partial charge in [0, 0.05) is 28.1 Å². The highest BCUT2D eigenvalue weighted by molar-refractivity contribution is 9.11. The van der Waals surface area contributed by atoms with Crippen molar-refractivity contribution in [3.05, 3.63) is 50.4 Å². The molecule has 0 atom stereocenters. The predicted octanol–water partition coefficient (Wildman–Crippen LogP) is 4.23. The first-order valence-corrected chi connectivity index (χ1v) is 10.7. The molecule has 8 heteroatoms. The van der Waals surface area contributed by atoms with Crippen LogP contribution in [-0.4, -0.2) is 20.9 Å². The van der Waals surface area contributed by atoms with Crippen molar-refractivity contribution < 1.29 is 13.2 Å². The van der Waals surface area contributed by atoms with Crippen LogP contribution in [0.1, 0.15) is 18.1 Å². The molecule has 3 rings (SSSR count). The van der Waals surface area contributed by atoms with E-state index >= 15 is 0 Å². The lowest BCUT2D eigenvalue weighted by Crippen LogP contribution is -2.26. The lowest BCUT2D eigenvalue weighted by molar-refractivity contribution is -0.116. The molecular weight excluding hydrogens is 472 g/mol. The van der Waals surface area contributed by atoms with Crippen molar-refractivity contribution in [3.8, 4) is 0 Å². The second kappa shape index (κ2) is 6.74. The predicted molar refractivity (Wildman–Crippen MR) is 106 cm³/mol. The molecule has 0 saturated heterocycles. The van der Waals surface area contributed by atoms with Crippen molar-refractivity contribution in [2.24, 2.45) is 0 Å². The molecule has 1 amide bonds. The summed E-state index contributed by atoms with van der Waals surface area (Å²) in [5, 5.41) is 0. The van der Waals surface area contributed by atoms with E-state index in [2.05, 4.69) is 36.6 Å². The number of anilines is 2. The van der Waals surface area contributed by atoms with Crippen LogP contribution in [0.4, 0.5) is 11.4 Å². The number of sulfonamides is 1. The molecule has 0 spiro atoms. The highest BCUT2D eigenvalue weighted by atomic mass is 79.9. The van der Waals surface area contributed by atoms with Gasteiger partial charge in [0.1, 0.15) is 4.90 Å². The van der Waals surface area contributed by atoms with Gasteiger partial charge in [0.25, 0.3) is 10.0 Å². The Morgan fingerprint density at radius 3 is 2.52 bits per heavy atom. The molecule has 0 bridgehead atoms. The third kappa shape index (κ3) is 3.61. The van der Waals surface area contributed by atoms with E-state index in [1.54, 1.807) is 23.1 Å². The number of carbonyl (C=O) groups excluding carboxylic acids is 1. The number of aryl methyl sites for hydroxylation is 1. The summed E-state index contributed by atoms with van der Waals surface area (Å²) in [5.74, 6) is -0.0985. The van der Waals surface area contributed by atoms with Gasteiger partial charge in [-0.25, -0.2) is 8.42 Å². The SMILES string of the molecule is CC(=O)N1CCc2cc(Br)c(S(=O)(=O)Nc3ccc(C)cc3Br)cc21. The number of benzene rings is 2. The fourth-order valence-electron chi connectivity index (χ4n) is 2.82. The van der Waals surface area contributed by atoms with Crippen LogP contribution in [0.2, 0.25) is 0 Å². The molecular formula is C17H16Br2N2O3S. The number of hydrogen-bond acceptors (Lipinski definition) is 3. The molecule has 0 aromatic heterocycles. The number of fused-ring (bicyclic) bond motifs is 1. The van der Waals surface area contributed by atoms with E-state index in [0.717, 1.165) is 11.1 Å². The van der Waals surface area contributed by atoms with E-state index in [9.17, 15) is 13.2 Å². The smallest absolute Gasteiger partial charge is 0.263 e. The first kappa shape index (κ1) is 18.4. The van der Waals surface area contributed by atoms with E-state index in [-0.39, 0.29) is 10.8 Å². The number of carbonyl (C=O) groups is 1. The molecule has 0 unspecified atom stereocenters. The Labute approximate surface area is 163 Å². The molecule has 25 heavy (non-hydrogen) atoms. The van der Waals surface area contributed by atoms with Crippen LogP contribution in [0.3, 0.4) is 0 Å². The third-order valence-corrected chi connectivity index (χ3v) is 7.05. The quantitative estimate of drug-likeness (QED) is 0.704. The molecule has 1 aliphatic heterocycles. The van der Waals surface area contributed by atoms with Crippen LogP contribution in [-0.2, 0) is 21.2 Å². The number of hydrogen-bond donors (Lipinski definition) is 1. The normalized spacial score (nSPS) is 13.7. The zero-order chi connectivity index (χ0) is 18.4. The van der Waals surface area contributed by atoms with Crippen molar-refractivity contribution in [3.63, 3.8) is 0 Å². The van der Waals surface area contributed by atoms with Gasteiger partial charge in [-0.15, -0.1) is 0 Å². The topological polar surface area (TPSA) is 66.5 Å². The van der Waals surface area contributed by atoms with Crippen LogP contribution < -0.4 is 9.62 Å². The van der Waals surface area contributed by atoms with Crippen molar-refractivity contribution >= 4 is 59.2 Å². The molecule has 2 aromatic rings.